The Morgan fingerprint density at radius 3 is 2.44 bits per heavy atom. The minimum atomic E-state index is 0.235. The average Bonchev–Trinajstić information content (AvgIpc) is 2.45. The predicted molar refractivity (Wildman–Crippen MR) is 72.6 cm³/mol. The summed E-state index contributed by atoms with van der Waals surface area (Å²) in [5, 5.41) is 0.362. The number of hydrogen-bond donors (Lipinski definition) is 2. The van der Waals surface area contributed by atoms with Crippen LogP contribution < -0.4 is 5.73 Å². The topological polar surface area (TPSA) is 29.3 Å². The van der Waals surface area contributed by atoms with Gasteiger partial charge in [-0.3, -0.25) is 4.90 Å². The SMILES string of the molecule is C=C1CC(C)[C@@H](N)C12CCN(C(C)S)CC2. The summed E-state index contributed by atoms with van der Waals surface area (Å²) in [6.45, 7) is 10.9. The maximum absolute atomic E-state index is 6.40. The molecule has 2 nitrogen and oxygen atoms in total. The van der Waals surface area contributed by atoms with Crippen molar-refractivity contribution in [2.24, 2.45) is 17.1 Å². The zero-order valence-electron chi connectivity index (χ0n) is 10.4. The summed E-state index contributed by atoms with van der Waals surface area (Å²) in [7, 11) is 0. The van der Waals surface area contributed by atoms with Crippen molar-refractivity contribution >= 4 is 12.6 Å². The maximum atomic E-state index is 6.40. The van der Waals surface area contributed by atoms with E-state index in [4.69, 9.17) is 5.73 Å². The lowest BCUT2D eigenvalue weighted by Crippen LogP contribution is -2.50. The molecule has 1 aliphatic heterocycles. The third kappa shape index (κ3) is 1.83. The van der Waals surface area contributed by atoms with E-state index < -0.39 is 0 Å². The van der Waals surface area contributed by atoms with Gasteiger partial charge in [-0.25, -0.2) is 0 Å². The van der Waals surface area contributed by atoms with E-state index in [0.29, 0.717) is 17.3 Å². The first-order valence-electron chi connectivity index (χ1n) is 6.33. The van der Waals surface area contributed by atoms with Crippen molar-refractivity contribution in [3.05, 3.63) is 12.2 Å². The predicted octanol–water partition coefficient (Wildman–Crippen LogP) is 2.27. The number of rotatable bonds is 1. The van der Waals surface area contributed by atoms with Gasteiger partial charge in [0.05, 0.1) is 0 Å². The second kappa shape index (κ2) is 4.35. The molecule has 0 aromatic rings. The number of piperidine rings is 1. The van der Waals surface area contributed by atoms with Crippen molar-refractivity contribution < 1.29 is 0 Å². The Morgan fingerprint density at radius 2 is 2.06 bits per heavy atom. The number of nitrogens with zero attached hydrogens (tertiary/aromatic N) is 1. The lowest BCUT2D eigenvalue weighted by Gasteiger charge is -2.44. The van der Waals surface area contributed by atoms with Gasteiger partial charge in [0.2, 0.25) is 0 Å². The maximum Gasteiger partial charge on any atom is 0.0499 e. The van der Waals surface area contributed by atoms with Crippen molar-refractivity contribution in [2.75, 3.05) is 13.1 Å². The summed E-state index contributed by atoms with van der Waals surface area (Å²) < 4.78 is 0. The third-order valence-electron chi connectivity index (χ3n) is 4.74. The highest BCUT2D eigenvalue weighted by molar-refractivity contribution is 7.80. The molecule has 1 saturated heterocycles. The van der Waals surface area contributed by atoms with Gasteiger partial charge in [-0.2, -0.15) is 12.6 Å². The zero-order valence-corrected chi connectivity index (χ0v) is 11.3. The highest BCUT2D eigenvalue weighted by atomic mass is 32.1. The molecule has 0 radical (unpaired) electrons. The van der Waals surface area contributed by atoms with E-state index in [9.17, 15) is 0 Å². The van der Waals surface area contributed by atoms with Crippen LogP contribution in [0.3, 0.4) is 0 Å². The molecule has 2 fully saturated rings. The summed E-state index contributed by atoms with van der Waals surface area (Å²) in [6, 6.07) is 0.317. The number of thiol groups is 1. The second-order valence-corrected chi connectivity index (χ2v) is 6.38. The Kier molecular flexibility index (Phi) is 3.39. The molecule has 2 aliphatic rings. The van der Waals surface area contributed by atoms with Gasteiger partial charge >= 0.3 is 0 Å². The Bertz CT molecular complexity index is 280. The Labute approximate surface area is 105 Å². The molecule has 0 bridgehead atoms. The monoisotopic (exact) mass is 240 g/mol. The Morgan fingerprint density at radius 1 is 1.50 bits per heavy atom. The molecular formula is C13H24N2S. The number of nitrogens with two attached hydrogens (primary N) is 1. The molecule has 2 rings (SSSR count). The standard InChI is InChI=1S/C13H24N2S/c1-9-8-10(2)13(12(9)14)4-6-15(7-5-13)11(3)16/h9,11-12,16H,2,4-8,14H2,1,3H3/t9?,11?,12-/m1/s1. The van der Waals surface area contributed by atoms with Gasteiger partial charge in [-0.15, -0.1) is 0 Å². The first kappa shape index (κ1) is 12.5. The van der Waals surface area contributed by atoms with Gasteiger partial charge in [0.25, 0.3) is 0 Å². The van der Waals surface area contributed by atoms with E-state index in [1.165, 1.54) is 18.4 Å². The highest BCUT2D eigenvalue weighted by Crippen LogP contribution is 2.51. The van der Waals surface area contributed by atoms with Crippen molar-refractivity contribution in [3.8, 4) is 0 Å². The molecule has 0 aromatic heterocycles. The van der Waals surface area contributed by atoms with Crippen LogP contribution >= 0.6 is 12.6 Å². The molecule has 0 aromatic carbocycles. The van der Waals surface area contributed by atoms with Crippen molar-refractivity contribution in [1.82, 2.24) is 4.90 Å². The first-order valence-corrected chi connectivity index (χ1v) is 6.85. The summed E-state index contributed by atoms with van der Waals surface area (Å²) in [5.41, 5.74) is 8.04. The van der Waals surface area contributed by atoms with E-state index >= 15 is 0 Å². The molecule has 1 aliphatic carbocycles. The van der Waals surface area contributed by atoms with E-state index in [2.05, 4.69) is 38.0 Å². The zero-order chi connectivity index (χ0) is 11.9. The normalized spacial score (nSPS) is 36.9. The molecular weight excluding hydrogens is 216 g/mol. The second-order valence-electron chi connectivity index (χ2n) is 5.63. The molecule has 1 spiro atoms. The average molecular weight is 240 g/mol. The van der Waals surface area contributed by atoms with Gasteiger partial charge in [0.1, 0.15) is 0 Å². The fourth-order valence-electron chi connectivity index (χ4n) is 3.48. The molecule has 1 saturated carbocycles. The molecule has 92 valence electrons. The van der Waals surface area contributed by atoms with E-state index in [0.717, 1.165) is 19.5 Å². The highest BCUT2D eigenvalue weighted by Gasteiger charge is 2.48. The molecule has 16 heavy (non-hydrogen) atoms. The number of likely N-dealkylation sites (tertiary alicyclic amines) is 1. The fourth-order valence-corrected chi connectivity index (χ4v) is 3.71. The van der Waals surface area contributed by atoms with Crippen LogP contribution in [-0.2, 0) is 0 Å². The summed E-state index contributed by atoms with van der Waals surface area (Å²) in [6.07, 6.45) is 3.46. The molecule has 2 unspecified atom stereocenters. The van der Waals surface area contributed by atoms with Crippen LogP contribution in [0.1, 0.15) is 33.1 Å². The van der Waals surface area contributed by atoms with Gasteiger partial charge < -0.3 is 5.73 Å². The van der Waals surface area contributed by atoms with E-state index in [-0.39, 0.29) is 5.41 Å². The summed E-state index contributed by atoms with van der Waals surface area (Å²) >= 11 is 4.51. The van der Waals surface area contributed by atoms with Crippen LogP contribution in [0.4, 0.5) is 0 Å². The van der Waals surface area contributed by atoms with Crippen LogP contribution in [0.2, 0.25) is 0 Å². The van der Waals surface area contributed by atoms with Crippen LogP contribution in [0, 0.1) is 11.3 Å². The Hall–Kier alpha value is 0.0100. The van der Waals surface area contributed by atoms with Crippen LogP contribution in [0.5, 0.6) is 0 Å². The lowest BCUT2D eigenvalue weighted by atomic mass is 9.71. The smallest absolute Gasteiger partial charge is 0.0499 e. The van der Waals surface area contributed by atoms with Crippen molar-refractivity contribution in [2.45, 2.75) is 44.5 Å². The van der Waals surface area contributed by atoms with E-state index in [1.54, 1.807) is 0 Å². The Balaban J connectivity index is 2.09. The molecule has 1 heterocycles. The van der Waals surface area contributed by atoms with Gasteiger partial charge in [-0.1, -0.05) is 19.1 Å². The van der Waals surface area contributed by atoms with Crippen LogP contribution in [0.25, 0.3) is 0 Å². The summed E-state index contributed by atoms with van der Waals surface area (Å²) in [5.74, 6) is 0.604. The third-order valence-corrected chi connectivity index (χ3v) is 5.07. The van der Waals surface area contributed by atoms with Gasteiger partial charge in [0.15, 0.2) is 0 Å². The van der Waals surface area contributed by atoms with Crippen LogP contribution in [-0.4, -0.2) is 29.4 Å². The fraction of sp³-hybridized carbons (Fsp3) is 0.846. The molecule has 3 atom stereocenters. The lowest BCUT2D eigenvalue weighted by molar-refractivity contribution is 0.112. The minimum absolute atomic E-state index is 0.235. The van der Waals surface area contributed by atoms with Gasteiger partial charge in [-0.05, 0) is 32.1 Å². The van der Waals surface area contributed by atoms with Gasteiger partial charge in [0, 0.05) is 29.9 Å². The largest absolute Gasteiger partial charge is 0.327 e. The van der Waals surface area contributed by atoms with Crippen molar-refractivity contribution in [3.63, 3.8) is 0 Å². The minimum Gasteiger partial charge on any atom is -0.327 e. The number of hydrogen-bond acceptors (Lipinski definition) is 3. The first-order chi connectivity index (χ1) is 7.47. The quantitative estimate of drug-likeness (QED) is 0.544. The summed E-state index contributed by atoms with van der Waals surface area (Å²) in [4.78, 5) is 2.43. The van der Waals surface area contributed by atoms with E-state index in [1.807, 2.05) is 0 Å². The molecule has 3 heteroatoms. The molecule has 0 amide bonds. The van der Waals surface area contributed by atoms with Crippen LogP contribution in [0.15, 0.2) is 12.2 Å². The molecule has 2 N–H and O–H groups in total. The van der Waals surface area contributed by atoms with Crippen molar-refractivity contribution in [1.29, 1.82) is 0 Å².